The number of benzene rings is 1. The lowest BCUT2D eigenvalue weighted by atomic mass is 10.3. The van der Waals surface area contributed by atoms with E-state index in [0.29, 0.717) is 12.4 Å². The fourth-order valence-electron chi connectivity index (χ4n) is 1.46. The molecule has 5 nitrogen and oxygen atoms in total. The second-order valence-electron chi connectivity index (χ2n) is 3.90. The van der Waals surface area contributed by atoms with Crippen LogP contribution in [0.1, 0.15) is 19.2 Å². The van der Waals surface area contributed by atoms with E-state index in [1.165, 1.54) is 6.07 Å². The monoisotopic (exact) mass is 284 g/mol. The number of halogens is 2. The molecule has 0 aliphatic rings. The van der Waals surface area contributed by atoms with E-state index in [2.05, 4.69) is 27.8 Å². The highest BCUT2D eigenvalue weighted by atomic mass is 35.5. The molecule has 0 aliphatic carbocycles. The predicted molar refractivity (Wildman–Crippen MR) is 71.0 cm³/mol. The Morgan fingerprint density at radius 1 is 1.37 bits per heavy atom. The summed E-state index contributed by atoms with van der Waals surface area (Å²) >= 11 is 5.68. The van der Waals surface area contributed by atoms with Gasteiger partial charge in [-0.3, -0.25) is 0 Å². The van der Waals surface area contributed by atoms with Gasteiger partial charge in [0.25, 0.3) is 0 Å². The Morgan fingerprint density at radius 3 is 3.00 bits per heavy atom. The van der Waals surface area contributed by atoms with E-state index in [4.69, 9.17) is 16.0 Å². The highest BCUT2D eigenvalue weighted by molar-refractivity contribution is 6.31. The zero-order valence-electron chi connectivity index (χ0n) is 10.4. The van der Waals surface area contributed by atoms with Gasteiger partial charge in [-0.1, -0.05) is 29.7 Å². The molecule has 1 aromatic carbocycles. The lowest BCUT2D eigenvalue weighted by molar-refractivity contribution is 0.479. The Bertz CT molecular complexity index is 546. The van der Waals surface area contributed by atoms with Crippen LogP contribution < -0.4 is 10.6 Å². The average Bonchev–Trinajstić information content (AvgIpc) is 2.83. The van der Waals surface area contributed by atoms with E-state index in [1.54, 1.807) is 12.1 Å². The molecule has 0 atom stereocenters. The van der Waals surface area contributed by atoms with Gasteiger partial charge in [0.2, 0.25) is 5.89 Å². The zero-order valence-corrected chi connectivity index (χ0v) is 11.2. The van der Waals surface area contributed by atoms with Crippen molar-refractivity contribution in [3.8, 4) is 0 Å². The average molecular weight is 285 g/mol. The van der Waals surface area contributed by atoms with Gasteiger partial charge in [0.1, 0.15) is 0 Å². The molecular formula is C12H14ClFN4O. The van der Waals surface area contributed by atoms with Gasteiger partial charge in [0.05, 0.1) is 17.3 Å². The van der Waals surface area contributed by atoms with Crippen molar-refractivity contribution in [1.29, 1.82) is 0 Å². The molecule has 1 aromatic heterocycles. The topological polar surface area (TPSA) is 63.0 Å². The summed E-state index contributed by atoms with van der Waals surface area (Å²) in [6.07, 6.45) is 1.02. The van der Waals surface area contributed by atoms with Gasteiger partial charge in [0, 0.05) is 0 Å². The molecule has 1 heterocycles. The molecule has 0 bridgehead atoms. The van der Waals surface area contributed by atoms with Crippen molar-refractivity contribution >= 4 is 23.3 Å². The molecule has 19 heavy (non-hydrogen) atoms. The maximum absolute atomic E-state index is 13.6. The molecule has 2 N–H and O–H groups in total. The minimum Gasteiger partial charge on any atom is -0.406 e. The minimum absolute atomic E-state index is 0.0364. The number of aromatic nitrogens is 2. The van der Waals surface area contributed by atoms with Crippen molar-refractivity contribution in [2.24, 2.45) is 0 Å². The van der Waals surface area contributed by atoms with Gasteiger partial charge in [-0.05, 0) is 25.1 Å². The van der Waals surface area contributed by atoms with Gasteiger partial charge < -0.3 is 15.1 Å². The van der Waals surface area contributed by atoms with Gasteiger partial charge in [-0.15, -0.1) is 5.10 Å². The van der Waals surface area contributed by atoms with E-state index >= 15 is 0 Å². The summed E-state index contributed by atoms with van der Waals surface area (Å²) in [7, 11) is 0. The molecule has 0 unspecified atom stereocenters. The summed E-state index contributed by atoms with van der Waals surface area (Å²) in [5.41, 5.74) is 0.198. The quantitative estimate of drug-likeness (QED) is 0.798. The molecular weight excluding hydrogens is 271 g/mol. The lowest BCUT2D eigenvalue weighted by Crippen LogP contribution is -2.13. The number of hydrogen-bond donors (Lipinski definition) is 2. The molecule has 7 heteroatoms. The smallest absolute Gasteiger partial charge is 0.320 e. The summed E-state index contributed by atoms with van der Waals surface area (Å²) in [6, 6.07) is 4.78. The summed E-state index contributed by atoms with van der Waals surface area (Å²) in [4.78, 5) is 0. The van der Waals surface area contributed by atoms with Crippen LogP contribution in [0.5, 0.6) is 0 Å². The molecule has 0 amide bonds. The maximum Gasteiger partial charge on any atom is 0.320 e. The Morgan fingerprint density at radius 2 is 2.21 bits per heavy atom. The fourth-order valence-corrected chi connectivity index (χ4v) is 1.64. The second-order valence-corrected chi connectivity index (χ2v) is 4.31. The number of anilines is 2. The van der Waals surface area contributed by atoms with Crippen molar-refractivity contribution in [1.82, 2.24) is 15.5 Å². The standard InChI is InChI=1S/C12H14ClFN4O/c1-2-6-15-7-10-17-18-12(19-10)16-9-5-3-4-8(13)11(9)14/h3-5,15H,2,6-7H2,1H3,(H,16,18). The van der Waals surface area contributed by atoms with Crippen molar-refractivity contribution < 1.29 is 8.81 Å². The van der Waals surface area contributed by atoms with Crippen LogP contribution in [-0.4, -0.2) is 16.7 Å². The van der Waals surface area contributed by atoms with E-state index in [9.17, 15) is 4.39 Å². The predicted octanol–water partition coefficient (Wildman–Crippen LogP) is 3.11. The molecule has 102 valence electrons. The molecule has 0 saturated heterocycles. The van der Waals surface area contributed by atoms with Crippen LogP contribution in [0.15, 0.2) is 22.6 Å². The van der Waals surface area contributed by atoms with E-state index in [0.717, 1.165) is 13.0 Å². The Kier molecular flexibility index (Phi) is 4.70. The summed E-state index contributed by atoms with van der Waals surface area (Å²) in [5, 5.41) is 13.5. The highest BCUT2D eigenvalue weighted by Crippen LogP contribution is 2.24. The van der Waals surface area contributed by atoms with E-state index < -0.39 is 5.82 Å². The molecule has 0 radical (unpaired) electrons. The van der Waals surface area contributed by atoms with Crippen molar-refractivity contribution in [2.75, 3.05) is 11.9 Å². The Labute approximate surface area is 115 Å². The van der Waals surface area contributed by atoms with E-state index in [-0.39, 0.29) is 16.7 Å². The van der Waals surface area contributed by atoms with Crippen LogP contribution in [0.25, 0.3) is 0 Å². The fraction of sp³-hybridized carbons (Fsp3) is 0.333. The normalized spacial score (nSPS) is 10.7. The molecule has 2 rings (SSSR count). The highest BCUT2D eigenvalue weighted by Gasteiger charge is 2.10. The van der Waals surface area contributed by atoms with Crippen LogP contribution in [0.3, 0.4) is 0 Å². The third-order valence-electron chi connectivity index (χ3n) is 2.36. The van der Waals surface area contributed by atoms with Crippen molar-refractivity contribution in [3.63, 3.8) is 0 Å². The van der Waals surface area contributed by atoms with Crippen LogP contribution in [0.2, 0.25) is 5.02 Å². The van der Waals surface area contributed by atoms with Gasteiger partial charge in [0.15, 0.2) is 5.82 Å². The third kappa shape index (κ3) is 3.65. The zero-order chi connectivity index (χ0) is 13.7. The van der Waals surface area contributed by atoms with E-state index in [1.807, 2.05) is 0 Å². The van der Waals surface area contributed by atoms with Gasteiger partial charge >= 0.3 is 6.01 Å². The Hall–Kier alpha value is -1.66. The van der Waals surface area contributed by atoms with Gasteiger partial charge in [-0.25, -0.2) is 4.39 Å². The number of rotatable bonds is 6. The largest absolute Gasteiger partial charge is 0.406 e. The summed E-state index contributed by atoms with van der Waals surface area (Å²) < 4.78 is 19.0. The maximum atomic E-state index is 13.6. The molecule has 0 aliphatic heterocycles. The first kappa shape index (κ1) is 13.8. The number of nitrogens with zero attached hydrogens (tertiary/aromatic N) is 2. The van der Waals surface area contributed by atoms with Gasteiger partial charge in [-0.2, -0.15) is 0 Å². The molecule has 2 aromatic rings. The minimum atomic E-state index is -0.548. The van der Waals surface area contributed by atoms with Crippen molar-refractivity contribution in [3.05, 3.63) is 34.9 Å². The first-order valence-electron chi connectivity index (χ1n) is 5.95. The Balaban J connectivity index is 2.01. The van der Waals surface area contributed by atoms with Crippen LogP contribution in [0.4, 0.5) is 16.1 Å². The van der Waals surface area contributed by atoms with Crippen LogP contribution in [0, 0.1) is 5.82 Å². The SMILES string of the molecule is CCCNCc1nnc(Nc2cccc(Cl)c2F)o1. The van der Waals surface area contributed by atoms with Crippen LogP contribution >= 0.6 is 11.6 Å². The molecule has 0 saturated carbocycles. The molecule has 0 fully saturated rings. The lowest BCUT2D eigenvalue weighted by Gasteiger charge is -2.03. The first-order chi connectivity index (χ1) is 9.20. The third-order valence-corrected chi connectivity index (χ3v) is 2.65. The number of nitrogens with one attached hydrogen (secondary N) is 2. The summed E-state index contributed by atoms with van der Waals surface area (Å²) in [5.74, 6) is -0.105. The van der Waals surface area contributed by atoms with Crippen LogP contribution in [-0.2, 0) is 6.54 Å². The van der Waals surface area contributed by atoms with Crippen molar-refractivity contribution in [2.45, 2.75) is 19.9 Å². The number of hydrogen-bond acceptors (Lipinski definition) is 5. The molecule has 0 spiro atoms. The second kappa shape index (κ2) is 6.49. The first-order valence-corrected chi connectivity index (χ1v) is 6.32. The summed E-state index contributed by atoms with van der Waals surface area (Å²) in [6.45, 7) is 3.42.